The van der Waals surface area contributed by atoms with Crippen molar-refractivity contribution in [3.05, 3.63) is 63.4 Å². The van der Waals surface area contributed by atoms with Gasteiger partial charge in [-0.2, -0.15) is 0 Å². The highest BCUT2D eigenvalue weighted by Crippen LogP contribution is 2.27. The third-order valence-corrected chi connectivity index (χ3v) is 4.61. The maximum Gasteiger partial charge on any atom is 0.294 e. The van der Waals surface area contributed by atoms with Crippen molar-refractivity contribution in [3.8, 4) is 0 Å². The van der Waals surface area contributed by atoms with E-state index in [0.29, 0.717) is 0 Å². The molecule has 0 aliphatic carbocycles. The monoisotopic (exact) mass is 389 g/mol. The number of amides is 1. The van der Waals surface area contributed by atoms with Crippen molar-refractivity contribution in [2.75, 3.05) is 38.0 Å². The zero-order valence-electron chi connectivity index (χ0n) is 14.7. The maximum absolute atomic E-state index is 12.3. The van der Waals surface area contributed by atoms with E-state index in [4.69, 9.17) is 11.6 Å². The molecule has 0 radical (unpaired) electrons. The number of piperazine rings is 1. The van der Waals surface area contributed by atoms with Crippen molar-refractivity contribution >= 4 is 28.9 Å². The van der Waals surface area contributed by atoms with Crippen molar-refractivity contribution in [2.45, 2.75) is 6.54 Å². The number of pyridine rings is 1. The van der Waals surface area contributed by atoms with Gasteiger partial charge in [0.05, 0.1) is 17.2 Å². The first-order valence-electron chi connectivity index (χ1n) is 8.59. The summed E-state index contributed by atoms with van der Waals surface area (Å²) in [6, 6.07) is 10.1. The summed E-state index contributed by atoms with van der Waals surface area (Å²) >= 11 is 5.79. The van der Waals surface area contributed by atoms with Crippen LogP contribution in [0.15, 0.2) is 42.6 Å². The minimum atomic E-state index is -0.558. The molecular formula is C18H20ClN5O3. The third kappa shape index (κ3) is 5.46. The molecule has 27 heavy (non-hydrogen) atoms. The van der Waals surface area contributed by atoms with E-state index in [-0.39, 0.29) is 28.8 Å². The van der Waals surface area contributed by atoms with Crippen molar-refractivity contribution in [1.82, 2.24) is 14.8 Å². The molecule has 1 fully saturated rings. The molecule has 3 rings (SSSR count). The van der Waals surface area contributed by atoms with Crippen LogP contribution in [0.25, 0.3) is 0 Å². The number of benzene rings is 1. The van der Waals surface area contributed by atoms with Gasteiger partial charge in [-0.15, -0.1) is 0 Å². The highest BCUT2D eigenvalue weighted by molar-refractivity contribution is 6.31. The van der Waals surface area contributed by atoms with Gasteiger partial charge < -0.3 is 5.32 Å². The first-order chi connectivity index (χ1) is 13.0. The maximum atomic E-state index is 12.3. The highest BCUT2D eigenvalue weighted by Gasteiger charge is 2.21. The fourth-order valence-electron chi connectivity index (χ4n) is 2.98. The fourth-order valence-corrected chi connectivity index (χ4v) is 3.15. The molecule has 0 saturated carbocycles. The Balaban J connectivity index is 1.49. The Morgan fingerprint density at radius 1 is 1.19 bits per heavy atom. The summed E-state index contributed by atoms with van der Waals surface area (Å²) in [5, 5.41) is 14.0. The number of nitrogens with zero attached hydrogens (tertiary/aromatic N) is 4. The van der Waals surface area contributed by atoms with Gasteiger partial charge in [-0.1, -0.05) is 17.7 Å². The zero-order valence-corrected chi connectivity index (χ0v) is 15.4. The Labute approximate surface area is 161 Å². The van der Waals surface area contributed by atoms with Gasteiger partial charge in [0.15, 0.2) is 0 Å². The van der Waals surface area contributed by atoms with E-state index in [9.17, 15) is 14.9 Å². The van der Waals surface area contributed by atoms with E-state index in [1.54, 1.807) is 6.20 Å². The lowest BCUT2D eigenvalue weighted by atomic mass is 10.2. The summed E-state index contributed by atoms with van der Waals surface area (Å²) in [5.41, 5.74) is 0.970. The van der Waals surface area contributed by atoms with Crippen LogP contribution in [0.4, 0.5) is 11.4 Å². The molecule has 1 aliphatic heterocycles. The number of aromatic nitrogens is 1. The molecule has 1 aliphatic rings. The second kappa shape index (κ2) is 8.90. The van der Waals surface area contributed by atoms with Crippen molar-refractivity contribution in [3.63, 3.8) is 0 Å². The second-order valence-corrected chi connectivity index (χ2v) is 6.78. The molecular weight excluding hydrogens is 370 g/mol. The molecule has 2 heterocycles. The van der Waals surface area contributed by atoms with Gasteiger partial charge in [-0.25, -0.2) is 0 Å². The fraction of sp³-hybridized carbons (Fsp3) is 0.333. The molecule has 0 unspecified atom stereocenters. The van der Waals surface area contributed by atoms with Crippen molar-refractivity contribution < 1.29 is 9.72 Å². The van der Waals surface area contributed by atoms with Crippen LogP contribution in [-0.2, 0) is 11.3 Å². The van der Waals surface area contributed by atoms with Crippen molar-refractivity contribution in [2.24, 2.45) is 0 Å². The van der Waals surface area contributed by atoms with Crippen LogP contribution in [0.1, 0.15) is 5.69 Å². The number of halogens is 1. The summed E-state index contributed by atoms with van der Waals surface area (Å²) in [4.78, 5) is 31.5. The van der Waals surface area contributed by atoms with Gasteiger partial charge in [0.2, 0.25) is 5.91 Å². The summed E-state index contributed by atoms with van der Waals surface area (Å²) in [5.74, 6) is -0.279. The zero-order chi connectivity index (χ0) is 19.2. The lowest BCUT2D eigenvalue weighted by Gasteiger charge is -2.34. The SMILES string of the molecule is O=C(CN1CCN(Cc2ccccn2)CC1)Nc1ccc(Cl)cc1[N+](=O)[O-]. The van der Waals surface area contributed by atoms with Gasteiger partial charge in [0, 0.05) is 50.0 Å². The number of hydrogen-bond donors (Lipinski definition) is 1. The predicted molar refractivity (Wildman–Crippen MR) is 103 cm³/mol. The summed E-state index contributed by atoms with van der Waals surface area (Å²) < 4.78 is 0. The van der Waals surface area contributed by atoms with E-state index in [0.717, 1.165) is 38.4 Å². The number of nitro groups is 1. The minimum absolute atomic E-state index is 0.156. The van der Waals surface area contributed by atoms with Crippen LogP contribution in [0.2, 0.25) is 5.02 Å². The molecule has 1 saturated heterocycles. The standard InChI is InChI=1S/C18H20ClN5O3/c19-14-4-5-16(17(11-14)24(26)27)21-18(25)13-23-9-7-22(8-10-23)12-15-3-1-2-6-20-15/h1-6,11H,7-10,12-13H2,(H,21,25). The van der Waals surface area contributed by atoms with Crippen molar-refractivity contribution in [1.29, 1.82) is 0 Å². The molecule has 142 valence electrons. The largest absolute Gasteiger partial charge is 0.319 e. The predicted octanol–water partition coefficient (Wildman–Crippen LogP) is 2.40. The third-order valence-electron chi connectivity index (χ3n) is 4.37. The van der Waals surface area contributed by atoms with E-state index < -0.39 is 4.92 Å². The van der Waals surface area contributed by atoms with E-state index in [2.05, 4.69) is 15.2 Å². The molecule has 1 aromatic heterocycles. The summed E-state index contributed by atoms with van der Waals surface area (Å²) in [6.07, 6.45) is 1.78. The highest BCUT2D eigenvalue weighted by atomic mass is 35.5. The number of carbonyl (C=O) groups is 1. The first kappa shape index (κ1) is 19.2. The molecule has 1 N–H and O–H groups in total. The van der Waals surface area contributed by atoms with E-state index >= 15 is 0 Å². The van der Waals surface area contributed by atoms with Crippen LogP contribution in [0, 0.1) is 10.1 Å². The molecule has 0 atom stereocenters. The van der Waals surface area contributed by atoms with Crippen LogP contribution in [0.3, 0.4) is 0 Å². The van der Waals surface area contributed by atoms with E-state index in [1.165, 1.54) is 18.2 Å². The molecule has 0 bridgehead atoms. The van der Waals surface area contributed by atoms with Crippen LogP contribution >= 0.6 is 11.6 Å². The number of nitro benzene ring substituents is 1. The average molecular weight is 390 g/mol. The van der Waals surface area contributed by atoms with Gasteiger partial charge in [0.1, 0.15) is 5.69 Å². The molecule has 8 nitrogen and oxygen atoms in total. The summed E-state index contributed by atoms with van der Waals surface area (Å²) in [6.45, 7) is 4.16. The number of hydrogen-bond acceptors (Lipinski definition) is 6. The van der Waals surface area contributed by atoms with Gasteiger partial charge in [-0.05, 0) is 24.3 Å². The van der Waals surface area contributed by atoms with Gasteiger partial charge in [-0.3, -0.25) is 29.7 Å². The number of nitrogens with one attached hydrogen (secondary N) is 1. The minimum Gasteiger partial charge on any atom is -0.319 e. The number of rotatable bonds is 6. The number of carbonyl (C=O) groups excluding carboxylic acids is 1. The Hall–Kier alpha value is -2.55. The van der Waals surface area contributed by atoms with E-state index in [1.807, 2.05) is 23.1 Å². The van der Waals surface area contributed by atoms with Crippen LogP contribution < -0.4 is 5.32 Å². The second-order valence-electron chi connectivity index (χ2n) is 6.34. The summed E-state index contributed by atoms with van der Waals surface area (Å²) in [7, 11) is 0. The molecule has 9 heteroatoms. The topological polar surface area (TPSA) is 91.6 Å². The van der Waals surface area contributed by atoms with Gasteiger partial charge in [0.25, 0.3) is 5.69 Å². The Morgan fingerprint density at radius 3 is 2.59 bits per heavy atom. The normalized spacial score (nSPS) is 15.4. The quantitative estimate of drug-likeness (QED) is 0.602. The average Bonchev–Trinajstić information content (AvgIpc) is 2.65. The molecule has 1 amide bonds. The van der Waals surface area contributed by atoms with Gasteiger partial charge >= 0.3 is 0 Å². The van der Waals surface area contributed by atoms with Crippen LogP contribution in [-0.4, -0.2) is 58.3 Å². The number of anilines is 1. The Kier molecular flexibility index (Phi) is 6.33. The molecule has 0 spiro atoms. The van der Waals surface area contributed by atoms with Crippen LogP contribution in [0.5, 0.6) is 0 Å². The Bertz CT molecular complexity index is 810. The molecule has 2 aromatic rings. The Morgan fingerprint density at radius 2 is 1.93 bits per heavy atom. The molecule has 1 aromatic carbocycles. The smallest absolute Gasteiger partial charge is 0.294 e. The lowest BCUT2D eigenvalue weighted by molar-refractivity contribution is -0.383. The first-order valence-corrected chi connectivity index (χ1v) is 8.97. The lowest BCUT2D eigenvalue weighted by Crippen LogP contribution is -2.48.